The number of hydrogen-bond acceptors (Lipinski definition) is 8. The van der Waals surface area contributed by atoms with Crippen molar-refractivity contribution in [3.8, 4) is 0 Å². The number of amides is 1. The Hall–Kier alpha value is -3.93. The van der Waals surface area contributed by atoms with Crippen LogP contribution in [0.3, 0.4) is 0 Å². The van der Waals surface area contributed by atoms with E-state index < -0.39 is 58.5 Å². The Balaban J connectivity index is 1.50. The smallest absolute Gasteiger partial charge is 0.308 e. The molecule has 46 heavy (non-hydrogen) atoms. The first-order chi connectivity index (χ1) is 22.1. The Labute approximate surface area is 267 Å². The lowest BCUT2D eigenvalue weighted by Crippen LogP contribution is -2.70. The third-order valence-electron chi connectivity index (χ3n) is 9.43. The first-order valence-corrected chi connectivity index (χ1v) is 15.6. The Morgan fingerprint density at radius 2 is 1.72 bits per heavy atom. The summed E-state index contributed by atoms with van der Waals surface area (Å²) in [5.41, 5.74) is -5.63. The van der Waals surface area contributed by atoms with Gasteiger partial charge < -0.3 is 29.7 Å². The largest absolute Gasteiger partial charge is 0.461 e. The van der Waals surface area contributed by atoms with Crippen molar-refractivity contribution in [3.05, 3.63) is 115 Å². The fourth-order valence-electron chi connectivity index (χ4n) is 7.62. The number of esters is 1. The minimum atomic E-state index is -1.99. The number of epoxide rings is 1. The topological polar surface area (TPSA) is 121 Å². The van der Waals surface area contributed by atoms with Crippen LogP contribution in [-0.2, 0) is 35.1 Å². The van der Waals surface area contributed by atoms with Crippen molar-refractivity contribution >= 4 is 17.6 Å². The summed E-state index contributed by atoms with van der Waals surface area (Å²) in [6, 6.07) is 23.5. The molecule has 3 aromatic carbocycles. The Morgan fingerprint density at radius 1 is 1.07 bits per heavy atom. The minimum Gasteiger partial charge on any atom is -0.461 e. The van der Waals surface area contributed by atoms with Crippen LogP contribution in [0.2, 0.25) is 0 Å². The molecule has 0 spiro atoms. The number of nitrogens with zero attached hydrogens (tertiary/aromatic N) is 1. The monoisotopic (exact) mass is 630 g/mol. The number of aliphatic hydroxyl groups excluding tert-OH is 1. The highest BCUT2D eigenvalue weighted by atomic mass is 19.1. The van der Waals surface area contributed by atoms with Crippen molar-refractivity contribution in [2.45, 2.75) is 68.0 Å². The van der Waals surface area contributed by atoms with Crippen molar-refractivity contribution in [2.75, 3.05) is 18.5 Å². The van der Waals surface area contributed by atoms with E-state index in [2.05, 4.69) is 11.9 Å². The zero-order valence-electron chi connectivity index (χ0n) is 25.9. The van der Waals surface area contributed by atoms with E-state index in [4.69, 9.17) is 14.2 Å². The highest BCUT2D eigenvalue weighted by Crippen LogP contribution is 2.79. The predicted octanol–water partition coefficient (Wildman–Crippen LogP) is 4.60. The predicted molar refractivity (Wildman–Crippen MR) is 167 cm³/mol. The van der Waals surface area contributed by atoms with Crippen LogP contribution in [0.1, 0.15) is 44.2 Å². The number of hydrogen-bond donors (Lipinski definition) is 3. The average molecular weight is 631 g/mol. The summed E-state index contributed by atoms with van der Waals surface area (Å²) in [6.45, 7) is 7.60. The molecule has 3 heterocycles. The number of carbonyl (C=O) groups is 2. The molecule has 3 aliphatic heterocycles. The van der Waals surface area contributed by atoms with Crippen LogP contribution in [-0.4, -0.2) is 63.7 Å². The van der Waals surface area contributed by atoms with Gasteiger partial charge in [0.1, 0.15) is 12.4 Å². The van der Waals surface area contributed by atoms with Gasteiger partial charge in [0.05, 0.1) is 18.6 Å². The van der Waals surface area contributed by atoms with Crippen molar-refractivity contribution in [2.24, 2.45) is 5.92 Å². The number of ether oxygens (including phenoxy) is 3. The van der Waals surface area contributed by atoms with Gasteiger partial charge in [-0.1, -0.05) is 87.2 Å². The summed E-state index contributed by atoms with van der Waals surface area (Å²) in [4.78, 5) is 28.8. The summed E-state index contributed by atoms with van der Waals surface area (Å²) in [6.07, 6.45) is -0.0472. The Bertz CT molecular complexity index is 1590. The third-order valence-corrected chi connectivity index (χ3v) is 9.43. The first kappa shape index (κ1) is 32.0. The number of morpholine rings is 1. The quantitative estimate of drug-likeness (QED) is 0.160. The van der Waals surface area contributed by atoms with Gasteiger partial charge in [-0.05, 0) is 42.2 Å². The van der Waals surface area contributed by atoms with Crippen LogP contribution in [0.25, 0.3) is 0 Å². The summed E-state index contributed by atoms with van der Waals surface area (Å²) in [7, 11) is 0. The van der Waals surface area contributed by atoms with E-state index in [9.17, 15) is 24.2 Å². The van der Waals surface area contributed by atoms with E-state index >= 15 is 0 Å². The molecule has 1 amide bonds. The molecule has 3 fully saturated rings. The van der Waals surface area contributed by atoms with Crippen LogP contribution in [0.4, 0.5) is 10.1 Å². The van der Waals surface area contributed by atoms with Crippen molar-refractivity contribution < 1.29 is 38.4 Å². The summed E-state index contributed by atoms with van der Waals surface area (Å²) < 4.78 is 33.1. The molecule has 6 unspecified atom stereocenters. The molecule has 0 bridgehead atoms. The zero-order chi connectivity index (χ0) is 32.7. The molecule has 0 radical (unpaired) electrons. The van der Waals surface area contributed by atoms with E-state index in [-0.39, 0.29) is 26.0 Å². The van der Waals surface area contributed by atoms with Gasteiger partial charge in [-0.3, -0.25) is 9.59 Å². The summed E-state index contributed by atoms with van der Waals surface area (Å²) in [5, 5.41) is 27.1. The maximum absolute atomic E-state index is 14.8. The normalized spacial score (nSPS) is 30.6. The first-order valence-electron chi connectivity index (χ1n) is 15.6. The van der Waals surface area contributed by atoms with Crippen LogP contribution in [0, 0.1) is 11.7 Å². The molecule has 0 aliphatic carbocycles. The maximum atomic E-state index is 14.8. The van der Waals surface area contributed by atoms with Crippen molar-refractivity contribution in [1.82, 2.24) is 4.90 Å². The van der Waals surface area contributed by atoms with E-state index in [0.717, 1.165) is 0 Å². The van der Waals surface area contributed by atoms with E-state index in [0.29, 0.717) is 23.2 Å². The van der Waals surface area contributed by atoms with E-state index in [1.54, 1.807) is 41.3 Å². The lowest BCUT2D eigenvalue weighted by Gasteiger charge is -2.55. The molecular formula is C36H39FN2O7. The second-order valence-electron chi connectivity index (χ2n) is 12.4. The SMILES string of the molecule is C=CCOC(=O)CC(O)CC1CCN2C(O)(c3ccc(F)cc3)C3(c4ccccc4)OC3(C(=O)Nc3ccccc3)C2(C(C)C)O1. The number of rotatable bonds is 11. The van der Waals surface area contributed by atoms with Crippen molar-refractivity contribution in [1.29, 1.82) is 0 Å². The molecular weight excluding hydrogens is 591 g/mol. The van der Waals surface area contributed by atoms with E-state index in [1.807, 2.05) is 38.1 Å². The number of para-hydroxylation sites is 1. The van der Waals surface area contributed by atoms with Gasteiger partial charge in [0, 0.05) is 24.2 Å². The maximum Gasteiger partial charge on any atom is 0.308 e. The second kappa shape index (κ2) is 12.0. The van der Waals surface area contributed by atoms with Crippen molar-refractivity contribution in [3.63, 3.8) is 0 Å². The lowest BCUT2D eigenvalue weighted by atomic mass is 9.73. The zero-order valence-corrected chi connectivity index (χ0v) is 25.9. The van der Waals surface area contributed by atoms with Gasteiger partial charge in [0.15, 0.2) is 17.1 Å². The van der Waals surface area contributed by atoms with Crippen LogP contribution >= 0.6 is 0 Å². The minimum absolute atomic E-state index is 0.0385. The second-order valence-corrected chi connectivity index (χ2v) is 12.4. The van der Waals surface area contributed by atoms with Crippen LogP contribution in [0.15, 0.2) is 97.6 Å². The van der Waals surface area contributed by atoms with E-state index in [1.165, 1.54) is 30.3 Å². The van der Waals surface area contributed by atoms with Gasteiger partial charge in [-0.15, -0.1) is 0 Å². The molecule has 3 aliphatic rings. The average Bonchev–Trinajstić information content (AvgIpc) is 3.74. The molecule has 3 aromatic rings. The molecule has 10 heteroatoms. The molecule has 0 saturated carbocycles. The number of carbonyl (C=O) groups excluding carboxylic acids is 2. The Morgan fingerprint density at radius 3 is 2.35 bits per heavy atom. The Kier molecular flexibility index (Phi) is 8.37. The molecule has 242 valence electrons. The van der Waals surface area contributed by atoms with Gasteiger partial charge in [-0.25, -0.2) is 9.29 Å². The lowest BCUT2D eigenvalue weighted by molar-refractivity contribution is -0.327. The molecule has 3 N–H and O–H groups in total. The van der Waals surface area contributed by atoms with Gasteiger partial charge in [-0.2, -0.15) is 0 Å². The summed E-state index contributed by atoms with van der Waals surface area (Å²) in [5.74, 6) is -2.02. The third kappa shape index (κ3) is 4.62. The fourth-order valence-corrected chi connectivity index (χ4v) is 7.62. The molecule has 0 aromatic heterocycles. The molecule has 6 rings (SSSR count). The molecule has 3 saturated heterocycles. The van der Waals surface area contributed by atoms with Gasteiger partial charge in [0.25, 0.3) is 5.91 Å². The fraction of sp³-hybridized carbons (Fsp3) is 0.389. The summed E-state index contributed by atoms with van der Waals surface area (Å²) >= 11 is 0. The number of benzene rings is 3. The van der Waals surface area contributed by atoms with Gasteiger partial charge >= 0.3 is 5.97 Å². The number of anilines is 1. The molecule has 6 atom stereocenters. The van der Waals surface area contributed by atoms with Gasteiger partial charge in [0.2, 0.25) is 5.60 Å². The van der Waals surface area contributed by atoms with Crippen LogP contribution in [0.5, 0.6) is 0 Å². The number of halogens is 1. The number of nitrogens with one attached hydrogen (secondary N) is 1. The number of fused-ring (bicyclic) bond motifs is 3. The number of aliphatic hydroxyl groups is 2. The highest BCUT2D eigenvalue weighted by molar-refractivity contribution is 6.03. The standard InChI is InChI=1S/C36H39FN2O7/c1-4-21-44-31(41)23-29(40)22-30-19-20-39-35(43,26-15-17-27(37)18-16-26)33(25-11-7-5-8-12-25)34(46-33,36(39,45-30)24(2)3)32(42)38-28-13-9-6-10-14-28/h4-18,24,29-30,40,43H,1,19-23H2,2-3H3,(H,38,42). The molecule has 9 nitrogen and oxygen atoms in total. The van der Waals surface area contributed by atoms with Crippen LogP contribution < -0.4 is 5.32 Å². The highest BCUT2D eigenvalue weighted by Gasteiger charge is 2.99.